The van der Waals surface area contributed by atoms with Crippen molar-refractivity contribution in [1.29, 1.82) is 0 Å². The number of methoxy groups -OCH3 is 1. The molecule has 4 rings (SSSR count). The Bertz CT molecular complexity index is 1510. The molecule has 3 aromatic carbocycles. The Morgan fingerprint density at radius 2 is 1.56 bits per heavy atom. The number of nitrogens with one attached hydrogen (secondary N) is 1. The molecule has 0 aliphatic heterocycles. The minimum atomic E-state index is -4.23. The number of halogens is 2. The average Bonchev–Trinajstić information content (AvgIpc) is 2.98. The van der Waals surface area contributed by atoms with Crippen molar-refractivity contribution in [3.63, 3.8) is 0 Å². The lowest BCUT2D eigenvalue weighted by Crippen LogP contribution is -2.53. The van der Waals surface area contributed by atoms with E-state index in [0.717, 1.165) is 47.5 Å². The molecule has 2 amide bonds. The fourth-order valence-corrected chi connectivity index (χ4v) is 7.04. The van der Waals surface area contributed by atoms with Gasteiger partial charge in [-0.3, -0.25) is 13.9 Å². The maximum Gasteiger partial charge on any atom is 0.264 e. The smallest absolute Gasteiger partial charge is 0.264 e. The number of amides is 2. The van der Waals surface area contributed by atoms with Crippen LogP contribution in [0.3, 0.4) is 0 Å². The van der Waals surface area contributed by atoms with Crippen LogP contribution in [0.1, 0.15) is 50.2 Å². The van der Waals surface area contributed by atoms with Gasteiger partial charge in [0.05, 0.1) is 17.7 Å². The lowest BCUT2D eigenvalue weighted by atomic mass is 9.95. The van der Waals surface area contributed by atoms with E-state index in [4.69, 9.17) is 27.9 Å². The highest BCUT2D eigenvalue weighted by atomic mass is 35.5. The number of carbonyl (C=O) groups excluding carboxylic acids is 2. The van der Waals surface area contributed by atoms with Gasteiger partial charge in [-0.05, 0) is 74.7 Å². The Balaban J connectivity index is 1.70. The molecule has 1 N–H and O–H groups in total. The summed E-state index contributed by atoms with van der Waals surface area (Å²) in [6, 6.07) is 17.1. The number of sulfonamides is 1. The number of rotatable bonds is 11. The van der Waals surface area contributed by atoms with Crippen molar-refractivity contribution in [2.75, 3.05) is 18.0 Å². The third-order valence-corrected chi connectivity index (χ3v) is 9.88. The average molecular weight is 647 g/mol. The van der Waals surface area contributed by atoms with E-state index in [-0.39, 0.29) is 39.1 Å². The number of anilines is 1. The van der Waals surface area contributed by atoms with E-state index < -0.39 is 28.5 Å². The van der Waals surface area contributed by atoms with Gasteiger partial charge in [-0.1, -0.05) is 72.3 Å². The Hall–Kier alpha value is -3.27. The zero-order valence-corrected chi connectivity index (χ0v) is 26.9. The molecule has 1 fully saturated rings. The van der Waals surface area contributed by atoms with Crippen LogP contribution in [0.5, 0.6) is 5.75 Å². The van der Waals surface area contributed by atoms with Crippen molar-refractivity contribution >= 4 is 50.7 Å². The molecular weight excluding hydrogens is 609 g/mol. The molecule has 0 spiro atoms. The second kappa shape index (κ2) is 14.5. The zero-order valence-electron chi connectivity index (χ0n) is 24.6. The van der Waals surface area contributed by atoms with Crippen molar-refractivity contribution in [3.8, 4) is 5.75 Å². The maximum atomic E-state index is 14.1. The highest BCUT2D eigenvalue weighted by molar-refractivity contribution is 7.92. The molecule has 8 nitrogen and oxygen atoms in total. The lowest BCUT2D eigenvalue weighted by Gasteiger charge is -2.33. The second-order valence-electron chi connectivity index (χ2n) is 10.8. The molecule has 1 aliphatic rings. The summed E-state index contributed by atoms with van der Waals surface area (Å²) >= 11 is 12.5. The van der Waals surface area contributed by atoms with Crippen LogP contribution in [-0.2, 0) is 26.2 Å². The fourth-order valence-electron chi connectivity index (χ4n) is 5.13. The first kappa shape index (κ1) is 32.6. The van der Waals surface area contributed by atoms with Gasteiger partial charge in [0.25, 0.3) is 10.0 Å². The summed E-state index contributed by atoms with van der Waals surface area (Å²) in [5.74, 6) is -0.195. The Kier molecular flexibility index (Phi) is 11.0. The molecule has 1 aliphatic carbocycles. The SMILES string of the molecule is COc1ccc(CN(C(=O)CN(c2cc(Cl)cc(Cl)c2)S(=O)(=O)c2ccc(C)cc2)C(C)C(=O)NC2CCCCC2)cc1. The molecule has 1 atom stereocenters. The molecule has 3 aromatic rings. The molecule has 43 heavy (non-hydrogen) atoms. The van der Waals surface area contributed by atoms with Gasteiger partial charge in [0.2, 0.25) is 11.8 Å². The normalized spacial score (nSPS) is 14.5. The van der Waals surface area contributed by atoms with Gasteiger partial charge in [0.15, 0.2) is 0 Å². The molecule has 0 radical (unpaired) electrons. The predicted molar refractivity (Wildman–Crippen MR) is 170 cm³/mol. The minimum Gasteiger partial charge on any atom is -0.497 e. The van der Waals surface area contributed by atoms with Gasteiger partial charge in [0.1, 0.15) is 18.3 Å². The minimum absolute atomic E-state index is 0.00629. The standard InChI is InChI=1S/C32H37Cl2N3O5S/c1-22-9-15-30(16-10-22)43(40,41)37(28-18-25(33)17-26(34)19-28)21-31(38)36(20-24-11-13-29(42-3)14-12-24)23(2)32(39)35-27-7-5-4-6-8-27/h9-19,23,27H,4-8,20-21H2,1-3H3,(H,35,39). The van der Waals surface area contributed by atoms with Crippen LogP contribution in [0.15, 0.2) is 71.6 Å². The van der Waals surface area contributed by atoms with E-state index in [0.29, 0.717) is 5.75 Å². The molecule has 0 saturated heterocycles. The van der Waals surface area contributed by atoms with Crippen LogP contribution in [0.25, 0.3) is 0 Å². The molecule has 1 saturated carbocycles. The molecule has 0 bridgehead atoms. The molecule has 1 unspecified atom stereocenters. The third kappa shape index (κ3) is 8.43. The van der Waals surface area contributed by atoms with Crippen molar-refractivity contribution in [3.05, 3.63) is 87.9 Å². The van der Waals surface area contributed by atoms with Crippen molar-refractivity contribution < 1.29 is 22.7 Å². The Morgan fingerprint density at radius 1 is 0.953 bits per heavy atom. The van der Waals surface area contributed by atoms with Gasteiger partial charge in [0, 0.05) is 22.6 Å². The monoisotopic (exact) mass is 645 g/mol. The summed E-state index contributed by atoms with van der Waals surface area (Å²) in [6.45, 7) is 3.01. The fraction of sp³-hybridized carbons (Fsp3) is 0.375. The van der Waals surface area contributed by atoms with E-state index >= 15 is 0 Å². The van der Waals surface area contributed by atoms with Gasteiger partial charge < -0.3 is 15.0 Å². The number of ether oxygens (including phenoxy) is 1. The number of hydrogen-bond donors (Lipinski definition) is 1. The van der Waals surface area contributed by atoms with E-state index in [1.807, 2.05) is 19.1 Å². The lowest BCUT2D eigenvalue weighted by molar-refractivity contribution is -0.139. The topological polar surface area (TPSA) is 96.0 Å². The van der Waals surface area contributed by atoms with Crippen LogP contribution in [0.2, 0.25) is 10.0 Å². The highest BCUT2D eigenvalue weighted by Crippen LogP contribution is 2.30. The molecule has 0 heterocycles. The zero-order chi connectivity index (χ0) is 31.1. The summed E-state index contributed by atoms with van der Waals surface area (Å²) in [4.78, 5) is 29.0. The molecular formula is C32H37Cl2N3O5S. The van der Waals surface area contributed by atoms with Gasteiger partial charge >= 0.3 is 0 Å². The summed E-state index contributed by atoms with van der Waals surface area (Å²) in [7, 11) is -2.67. The summed E-state index contributed by atoms with van der Waals surface area (Å²) in [5, 5.41) is 3.53. The summed E-state index contributed by atoms with van der Waals surface area (Å²) in [5.41, 5.74) is 1.77. The first-order valence-corrected chi connectivity index (χ1v) is 16.5. The Labute approximate surface area is 264 Å². The van der Waals surface area contributed by atoms with Crippen LogP contribution in [0.4, 0.5) is 5.69 Å². The maximum absolute atomic E-state index is 14.1. The van der Waals surface area contributed by atoms with E-state index in [2.05, 4.69) is 5.32 Å². The number of benzene rings is 3. The van der Waals surface area contributed by atoms with Crippen molar-refractivity contribution in [1.82, 2.24) is 10.2 Å². The number of nitrogens with zero attached hydrogens (tertiary/aromatic N) is 2. The first-order chi connectivity index (χ1) is 20.5. The predicted octanol–water partition coefficient (Wildman–Crippen LogP) is 6.37. The van der Waals surface area contributed by atoms with Gasteiger partial charge in [-0.2, -0.15) is 0 Å². The van der Waals surface area contributed by atoms with Crippen LogP contribution in [0, 0.1) is 6.92 Å². The molecule has 230 valence electrons. The molecule has 0 aromatic heterocycles. The number of hydrogen-bond acceptors (Lipinski definition) is 5. The largest absolute Gasteiger partial charge is 0.497 e. The number of aryl methyl sites for hydroxylation is 1. The summed E-state index contributed by atoms with van der Waals surface area (Å²) in [6.07, 6.45) is 5.01. The third-order valence-electron chi connectivity index (χ3n) is 7.65. The van der Waals surface area contributed by atoms with E-state index in [1.54, 1.807) is 38.3 Å². The Morgan fingerprint density at radius 3 is 2.14 bits per heavy atom. The van der Waals surface area contributed by atoms with Crippen molar-refractivity contribution in [2.24, 2.45) is 0 Å². The van der Waals surface area contributed by atoms with Crippen LogP contribution in [-0.4, -0.2) is 50.9 Å². The first-order valence-electron chi connectivity index (χ1n) is 14.3. The van der Waals surface area contributed by atoms with Gasteiger partial charge in [-0.25, -0.2) is 8.42 Å². The second-order valence-corrected chi connectivity index (χ2v) is 13.6. The van der Waals surface area contributed by atoms with Gasteiger partial charge in [-0.15, -0.1) is 0 Å². The van der Waals surface area contributed by atoms with E-state index in [1.165, 1.54) is 35.2 Å². The quantitative estimate of drug-likeness (QED) is 0.261. The molecule has 11 heteroatoms. The van der Waals surface area contributed by atoms with E-state index in [9.17, 15) is 18.0 Å². The van der Waals surface area contributed by atoms with Crippen molar-refractivity contribution in [2.45, 2.75) is 69.5 Å². The number of carbonyl (C=O) groups is 2. The summed E-state index contributed by atoms with van der Waals surface area (Å²) < 4.78 is 34.2. The highest BCUT2D eigenvalue weighted by Gasteiger charge is 2.33. The van der Waals surface area contributed by atoms with Crippen LogP contribution >= 0.6 is 23.2 Å². The van der Waals surface area contributed by atoms with Crippen LogP contribution < -0.4 is 14.4 Å².